The second-order valence-corrected chi connectivity index (χ2v) is 7.85. The fourth-order valence-electron chi connectivity index (χ4n) is 3.23. The molecule has 0 aromatic carbocycles. The summed E-state index contributed by atoms with van der Waals surface area (Å²) in [5.74, 6) is -0.616. The normalized spacial score (nSPS) is 27.2. The minimum atomic E-state index is -0.718. The maximum absolute atomic E-state index is 11.2. The standard InChI is InChI=1S/C17H31NO4/c1-12-7-14(8-15(21)22-12)18(6)11-16(2,3)17(4,5)13(9-19)10-20/h9-10,12-15,21H,7-8,11H2,1-6H3/t12-,14+,15-/m1/s1. The summed E-state index contributed by atoms with van der Waals surface area (Å²) in [6.07, 6.45) is 2.26. The second-order valence-electron chi connectivity index (χ2n) is 7.85. The molecular formula is C17H31NO4. The van der Waals surface area contributed by atoms with E-state index in [0.717, 1.165) is 25.5 Å². The second kappa shape index (κ2) is 7.20. The van der Waals surface area contributed by atoms with E-state index in [2.05, 4.69) is 18.7 Å². The fourth-order valence-corrected chi connectivity index (χ4v) is 3.23. The van der Waals surface area contributed by atoms with Crippen molar-refractivity contribution in [3.63, 3.8) is 0 Å². The molecule has 1 saturated heterocycles. The van der Waals surface area contributed by atoms with Gasteiger partial charge in [0.25, 0.3) is 0 Å². The molecule has 22 heavy (non-hydrogen) atoms. The molecule has 0 unspecified atom stereocenters. The highest BCUT2D eigenvalue weighted by Crippen LogP contribution is 2.44. The highest BCUT2D eigenvalue weighted by molar-refractivity contribution is 5.78. The van der Waals surface area contributed by atoms with Gasteiger partial charge in [-0.05, 0) is 31.2 Å². The summed E-state index contributed by atoms with van der Waals surface area (Å²) in [5.41, 5.74) is -0.680. The summed E-state index contributed by atoms with van der Waals surface area (Å²) in [5, 5.41) is 9.78. The first kappa shape index (κ1) is 19.3. The molecule has 5 heteroatoms. The molecule has 1 N–H and O–H groups in total. The van der Waals surface area contributed by atoms with Gasteiger partial charge in [0.1, 0.15) is 12.6 Å². The number of rotatable bonds is 7. The number of carbonyl (C=O) groups excluding carboxylic acids is 2. The van der Waals surface area contributed by atoms with Gasteiger partial charge in [-0.3, -0.25) is 0 Å². The van der Waals surface area contributed by atoms with Gasteiger partial charge in [0.2, 0.25) is 0 Å². The van der Waals surface area contributed by atoms with Gasteiger partial charge < -0.3 is 24.3 Å². The number of aliphatic hydroxyl groups is 1. The maximum atomic E-state index is 11.2. The van der Waals surface area contributed by atoms with Gasteiger partial charge in [-0.25, -0.2) is 0 Å². The minimum absolute atomic E-state index is 0.0324. The van der Waals surface area contributed by atoms with Crippen molar-refractivity contribution in [2.24, 2.45) is 16.7 Å². The van der Waals surface area contributed by atoms with Crippen LogP contribution in [0.5, 0.6) is 0 Å². The van der Waals surface area contributed by atoms with Crippen molar-refractivity contribution in [3.05, 3.63) is 0 Å². The van der Waals surface area contributed by atoms with Crippen molar-refractivity contribution >= 4 is 12.6 Å². The summed E-state index contributed by atoms with van der Waals surface area (Å²) < 4.78 is 5.37. The lowest BCUT2D eigenvalue weighted by Gasteiger charge is -2.48. The Bertz CT molecular complexity index is 376. The van der Waals surface area contributed by atoms with Gasteiger partial charge in [0.15, 0.2) is 6.29 Å². The quantitative estimate of drug-likeness (QED) is 0.574. The SMILES string of the molecule is C[C@@H]1C[C@H](N(C)CC(C)(C)C(C)(C)C(C=O)C=O)C[C@H](O)O1. The van der Waals surface area contributed by atoms with E-state index in [9.17, 15) is 14.7 Å². The van der Waals surface area contributed by atoms with Crippen LogP contribution in [0.1, 0.15) is 47.5 Å². The number of aliphatic hydroxyl groups excluding tert-OH is 1. The Hall–Kier alpha value is -0.780. The fraction of sp³-hybridized carbons (Fsp3) is 0.882. The topological polar surface area (TPSA) is 66.8 Å². The Labute approximate surface area is 134 Å². The van der Waals surface area contributed by atoms with Crippen LogP contribution in [0.25, 0.3) is 0 Å². The monoisotopic (exact) mass is 313 g/mol. The molecule has 1 aliphatic heterocycles. The zero-order chi connectivity index (χ0) is 17.1. The third-order valence-corrected chi connectivity index (χ3v) is 5.61. The molecule has 0 bridgehead atoms. The number of carbonyl (C=O) groups is 2. The molecule has 1 rings (SSSR count). The lowest BCUT2D eigenvalue weighted by Crippen LogP contribution is -2.51. The Morgan fingerprint density at radius 2 is 1.77 bits per heavy atom. The molecule has 1 fully saturated rings. The molecule has 0 saturated carbocycles. The van der Waals surface area contributed by atoms with E-state index in [-0.39, 0.29) is 17.6 Å². The highest BCUT2D eigenvalue weighted by Gasteiger charge is 2.44. The van der Waals surface area contributed by atoms with Gasteiger partial charge in [0, 0.05) is 19.0 Å². The summed E-state index contributed by atoms with van der Waals surface area (Å²) in [6.45, 7) is 10.8. The molecule has 128 valence electrons. The molecule has 0 amide bonds. The summed E-state index contributed by atoms with van der Waals surface area (Å²) in [6, 6.07) is 0.236. The first-order chi connectivity index (χ1) is 10.0. The third kappa shape index (κ3) is 4.15. The molecule has 0 aliphatic carbocycles. The summed E-state index contributed by atoms with van der Waals surface area (Å²) in [7, 11) is 2.03. The van der Waals surface area contributed by atoms with Gasteiger partial charge in [0.05, 0.1) is 12.0 Å². The number of hydrogen-bond acceptors (Lipinski definition) is 5. The Morgan fingerprint density at radius 3 is 2.23 bits per heavy atom. The van der Waals surface area contributed by atoms with E-state index >= 15 is 0 Å². The van der Waals surface area contributed by atoms with Crippen molar-refractivity contribution in [2.45, 2.75) is 65.9 Å². The van der Waals surface area contributed by atoms with E-state index < -0.39 is 17.6 Å². The van der Waals surface area contributed by atoms with E-state index in [0.29, 0.717) is 6.42 Å². The van der Waals surface area contributed by atoms with Gasteiger partial charge >= 0.3 is 0 Å². The van der Waals surface area contributed by atoms with Crippen molar-refractivity contribution < 1.29 is 19.4 Å². The average Bonchev–Trinajstić information content (AvgIpc) is 2.37. The number of aldehydes is 2. The molecule has 3 atom stereocenters. The van der Waals surface area contributed by atoms with Crippen LogP contribution in [0.15, 0.2) is 0 Å². The summed E-state index contributed by atoms with van der Waals surface area (Å²) in [4.78, 5) is 24.6. The van der Waals surface area contributed by atoms with Crippen molar-refractivity contribution in [1.29, 1.82) is 0 Å². The number of hydrogen-bond donors (Lipinski definition) is 1. The van der Waals surface area contributed by atoms with Crippen LogP contribution in [0.2, 0.25) is 0 Å². The van der Waals surface area contributed by atoms with Crippen molar-refractivity contribution in [2.75, 3.05) is 13.6 Å². The number of ether oxygens (including phenoxy) is 1. The zero-order valence-electron chi connectivity index (χ0n) is 14.7. The molecule has 1 aliphatic rings. The van der Waals surface area contributed by atoms with Crippen LogP contribution >= 0.6 is 0 Å². The largest absolute Gasteiger partial charge is 0.368 e. The molecule has 0 spiro atoms. The lowest BCUT2D eigenvalue weighted by molar-refractivity contribution is -0.176. The first-order valence-corrected chi connectivity index (χ1v) is 7.99. The van der Waals surface area contributed by atoms with Crippen LogP contribution in [0.4, 0.5) is 0 Å². The smallest absolute Gasteiger partial charge is 0.156 e. The Morgan fingerprint density at radius 1 is 1.23 bits per heavy atom. The molecule has 0 aromatic rings. The van der Waals surface area contributed by atoms with Gasteiger partial charge in [-0.15, -0.1) is 0 Å². The summed E-state index contributed by atoms with van der Waals surface area (Å²) >= 11 is 0. The molecule has 1 heterocycles. The average molecular weight is 313 g/mol. The zero-order valence-corrected chi connectivity index (χ0v) is 14.7. The van der Waals surface area contributed by atoms with E-state index in [1.807, 2.05) is 27.8 Å². The van der Waals surface area contributed by atoms with Crippen molar-refractivity contribution in [1.82, 2.24) is 4.90 Å². The molecular weight excluding hydrogens is 282 g/mol. The predicted octanol–water partition coefficient (Wildman–Crippen LogP) is 1.87. The highest BCUT2D eigenvalue weighted by atomic mass is 16.6. The minimum Gasteiger partial charge on any atom is -0.368 e. The Kier molecular flexibility index (Phi) is 6.30. The molecule has 0 aromatic heterocycles. The van der Waals surface area contributed by atoms with Crippen LogP contribution < -0.4 is 0 Å². The maximum Gasteiger partial charge on any atom is 0.156 e. The van der Waals surface area contributed by atoms with Gasteiger partial charge in [-0.2, -0.15) is 0 Å². The predicted molar refractivity (Wildman–Crippen MR) is 85.4 cm³/mol. The van der Waals surface area contributed by atoms with Crippen LogP contribution in [-0.4, -0.2) is 54.6 Å². The van der Waals surface area contributed by atoms with Crippen LogP contribution in [0.3, 0.4) is 0 Å². The van der Waals surface area contributed by atoms with E-state index in [4.69, 9.17) is 4.74 Å². The molecule has 5 nitrogen and oxygen atoms in total. The Balaban J connectivity index is 2.81. The van der Waals surface area contributed by atoms with E-state index in [1.165, 1.54) is 0 Å². The van der Waals surface area contributed by atoms with E-state index in [1.54, 1.807) is 0 Å². The molecule has 0 radical (unpaired) electrons. The van der Waals surface area contributed by atoms with Crippen LogP contribution in [0, 0.1) is 16.7 Å². The number of nitrogens with zero attached hydrogens (tertiary/aromatic N) is 1. The third-order valence-electron chi connectivity index (χ3n) is 5.61. The van der Waals surface area contributed by atoms with Crippen molar-refractivity contribution in [3.8, 4) is 0 Å². The first-order valence-electron chi connectivity index (χ1n) is 7.99. The lowest BCUT2D eigenvalue weighted by atomic mass is 9.61. The van der Waals surface area contributed by atoms with Crippen LogP contribution in [-0.2, 0) is 14.3 Å². The van der Waals surface area contributed by atoms with Gasteiger partial charge in [-0.1, -0.05) is 27.7 Å².